The summed E-state index contributed by atoms with van der Waals surface area (Å²) < 4.78 is 19.1. The van der Waals surface area contributed by atoms with Gasteiger partial charge in [-0.3, -0.25) is 9.69 Å². The first-order valence-electron chi connectivity index (χ1n) is 13.5. The van der Waals surface area contributed by atoms with Crippen LogP contribution in [0.15, 0.2) is 42.6 Å². The van der Waals surface area contributed by atoms with Crippen molar-refractivity contribution in [3.8, 4) is 17.0 Å². The second kappa shape index (κ2) is 12.3. The lowest BCUT2D eigenvalue weighted by atomic mass is 10.0. The number of fused-ring (bicyclic) bond motifs is 1. The van der Waals surface area contributed by atoms with E-state index in [9.17, 15) is 24.5 Å². The fraction of sp³-hybridized carbons (Fsp3) is 0.414. The average Bonchev–Trinajstić information content (AvgIpc) is 3.53. The number of methoxy groups -OCH3 is 1. The minimum absolute atomic E-state index is 0.0791. The standard InChI is InChI=1S/C29H33ClFN5O5/c1-15(27(39)34-25(14-37)18-7-19(31)10-22(8-18)41-2)36-13-17-4-3-16(9-23(17)28(36)40)26-24(30)12-32-29(35-26)33-20-5-6-21(38)11-20/h3-4,7-10,12,15,20-21,25,28,37-38,40H,5-6,11,13-14H2,1-2H3,(H,34,39)(H,32,33,35)/t15-,20+,21+,25-,28?/m1/s1. The molecule has 12 heteroatoms. The van der Waals surface area contributed by atoms with Crippen molar-refractivity contribution < 1.29 is 29.2 Å². The third-order valence-electron chi connectivity index (χ3n) is 7.75. The summed E-state index contributed by atoms with van der Waals surface area (Å²) in [5.41, 5.74) is 3.01. The highest BCUT2D eigenvalue weighted by Crippen LogP contribution is 2.37. The molecular formula is C29H33ClFN5O5. The molecule has 41 heavy (non-hydrogen) atoms. The zero-order valence-electron chi connectivity index (χ0n) is 22.7. The van der Waals surface area contributed by atoms with Crippen molar-refractivity contribution in [2.45, 2.75) is 63.2 Å². The van der Waals surface area contributed by atoms with Gasteiger partial charge in [0.25, 0.3) is 0 Å². The largest absolute Gasteiger partial charge is 0.497 e. The van der Waals surface area contributed by atoms with Gasteiger partial charge in [-0.05, 0) is 55.5 Å². The fourth-order valence-corrected chi connectivity index (χ4v) is 5.63. The maximum absolute atomic E-state index is 14.0. The summed E-state index contributed by atoms with van der Waals surface area (Å²) in [6.45, 7) is 1.53. The van der Waals surface area contributed by atoms with Crippen LogP contribution in [0, 0.1) is 5.82 Å². The van der Waals surface area contributed by atoms with E-state index in [1.165, 1.54) is 25.4 Å². The van der Waals surface area contributed by atoms with Crippen molar-refractivity contribution in [1.82, 2.24) is 20.2 Å². The molecule has 1 aliphatic heterocycles. The number of anilines is 1. The zero-order valence-corrected chi connectivity index (χ0v) is 23.5. The summed E-state index contributed by atoms with van der Waals surface area (Å²) in [7, 11) is 1.40. The van der Waals surface area contributed by atoms with Crippen molar-refractivity contribution in [3.63, 3.8) is 0 Å². The molecule has 1 unspecified atom stereocenters. The summed E-state index contributed by atoms with van der Waals surface area (Å²) in [5.74, 6) is -0.312. The van der Waals surface area contributed by atoms with Crippen LogP contribution in [0.3, 0.4) is 0 Å². The minimum Gasteiger partial charge on any atom is -0.497 e. The Kier molecular flexibility index (Phi) is 8.71. The summed E-state index contributed by atoms with van der Waals surface area (Å²) in [5, 5.41) is 37.3. The molecule has 1 saturated carbocycles. The van der Waals surface area contributed by atoms with Gasteiger partial charge in [-0.25, -0.2) is 14.4 Å². The van der Waals surface area contributed by atoms with Crippen LogP contribution in [0.5, 0.6) is 5.75 Å². The van der Waals surface area contributed by atoms with Crippen LogP contribution in [-0.2, 0) is 11.3 Å². The molecule has 0 radical (unpaired) electrons. The maximum Gasteiger partial charge on any atom is 0.237 e. The van der Waals surface area contributed by atoms with Gasteiger partial charge in [0.05, 0.1) is 48.8 Å². The van der Waals surface area contributed by atoms with Crippen LogP contribution in [0.2, 0.25) is 5.02 Å². The van der Waals surface area contributed by atoms with Gasteiger partial charge >= 0.3 is 0 Å². The van der Waals surface area contributed by atoms with Crippen LogP contribution in [0.1, 0.15) is 55.1 Å². The molecule has 2 heterocycles. The first kappa shape index (κ1) is 29.2. The lowest BCUT2D eigenvalue weighted by molar-refractivity contribution is -0.131. The summed E-state index contributed by atoms with van der Waals surface area (Å²) in [6.07, 6.45) is 2.29. The Morgan fingerprint density at radius 3 is 2.76 bits per heavy atom. The van der Waals surface area contributed by atoms with Crippen LogP contribution in [0.4, 0.5) is 10.3 Å². The van der Waals surface area contributed by atoms with E-state index in [-0.39, 0.29) is 17.9 Å². The smallest absolute Gasteiger partial charge is 0.237 e. The molecule has 0 bridgehead atoms. The highest BCUT2D eigenvalue weighted by atomic mass is 35.5. The molecule has 218 valence electrons. The van der Waals surface area contributed by atoms with E-state index in [1.807, 2.05) is 12.1 Å². The van der Waals surface area contributed by atoms with Gasteiger partial charge in [-0.15, -0.1) is 0 Å². The third-order valence-corrected chi connectivity index (χ3v) is 8.03. The van der Waals surface area contributed by atoms with Crippen molar-refractivity contribution in [1.29, 1.82) is 0 Å². The molecular weight excluding hydrogens is 553 g/mol. The number of rotatable bonds is 9. The second-order valence-electron chi connectivity index (χ2n) is 10.5. The predicted octanol–water partition coefficient (Wildman–Crippen LogP) is 3.31. The quantitative estimate of drug-likeness (QED) is 0.256. The van der Waals surface area contributed by atoms with Crippen LogP contribution >= 0.6 is 11.6 Å². The molecule has 1 aliphatic carbocycles. The molecule has 2 aliphatic rings. The van der Waals surface area contributed by atoms with Crippen molar-refractivity contribution in [3.05, 3.63) is 70.1 Å². The average molecular weight is 586 g/mol. The topological polar surface area (TPSA) is 140 Å². The molecule has 5 rings (SSSR count). The van der Waals surface area contributed by atoms with Crippen molar-refractivity contribution >= 4 is 23.5 Å². The normalized spacial score (nSPS) is 21.8. The van der Waals surface area contributed by atoms with Crippen molar-refractivity contribution in [2.24, 2.45) is 0 Å². The van der Waals surface area contributed by atoms with Crippen molar-refractivity contribution in [2.75, 3.05) is 19.0 Å². The number of halogens is 2. The number of carbonyl (C=O) groups is 1. The first-order valence-corrected chi connectivity index (χ1v) is 13.8. The molecule has 1 fully saturated rings. The molecule has 5 atom stereocenters. The molecule has 10 nitrogen and oxygen atoms in total. The summed E-state index contributed by atoms with van der Waals surface area (Å²) in [4.78, 5) is 23.7. The minimum atomic E-state index is -1.08. The zero-order chi connectivity index (χ0) is 29.3. The van der Waals surface area contributed by atoms with Crippen LogP contribution < -0.4 is 15.4 Å². The number of carbonyl (C=O) groups excluding carboxylic acids is 1. The maximum atomic E-state index is 14.0. The molecule has 0 saturated heterocycles. The summed E-state index contributed by atoms with van der Waals surface area (Å²) >= 11 is 6.45. The highest BCUT2D eigenvalue weighted by Gasteiger charge is 2.36. The molecule has 3 aromatic rings. The number of ether oxygens (including phenoxy) is 1. The van der Waals surface area contributed by atoms with E-state index in [1.54, 1.807) is 24.0 Å². The van der Waals surface area contributed by atoms with Gasteiger partial charge in [-0.2, -0.15) is 0 Å². The van der Waals surface area contributed by atoms with Gasteiger partial charge < -0.3 is 30.7 Å². The first-order chi connectivity index (χ1) is 19.7. The van der Waals surface area contributed by atoms with Crippen LogP contribution in [-0.4, -0.2) is 68.0 Å². The number of hydrogen-bond acceptors (Lipinski definition) is 9. The Bertz CT molecular complexity index is 1430. The van der Waals surface area contributed by atoms with E-state index in [4.69, 9.17) is 16.3 Å². The third kappa shape index (κ3) is 6.29. The molecule has 5 N–H and O–H groups in total. The number of nitrogens with one attached hydrogen (secondary N) is 2. The Labute approximate surface area is 242 Å². The predicted molar refractivity (Wildman–Crippen MR) is 151 cm³/mol. The van der Waals surface area contributed by atoms with E-state index < -0.39 is 36.6 Å². The Morgan fingerprint density at radius 1 is 1.24 bits per heavy atom. The highest BCUT2D eigenvalue weighted by molar-refractivity contribution is 6.32. The SMILES string of the molecule is COc1cc(F)cc([C@@H](CO)NC(=O)[C@@H](C)N2Cc3ccc(-c4nc(N[C@H]5CC[C@H](O)C5)ncc4Cl)cc3C2O)c1. The van der Waals surface area contributed by atoms with Gasteiger partial charge in [0.1, 0.15) is 17.8 Å². The Balaban J connectivity index is 1.30. The number of hydrogen-bond donors (Lipinski definition) is 5. The monoisotopic (exact) mass is 585 g/mol. The van der Waals surface area contributed by atoms with Gasteiger partial charge in [-0.1, -0.05) is 23.7 Å². The molecule has 2 aromatic carbocycles. The lowest BCUT2D eigenvalue weighted by Crippen LogP contribution is -2.46. The van der Waals surface area contributed by atoms with Gasteiger partial charge in [0, 0.05) is 29.8 Å². The molecule has 1 aromatic heterocycles. The van der Waals surface area contributed by atoms with E-state index in [2.05, 4.69) is 20.6 Å². The molecule has 0 spiro atoms. The molecule has 1 amide bonds. The van der Waals surface area contributed by atoms with Gasteiger partial charge in [0.2, 0.25) is 11.9 Å². The van der Waals surface area contributed by atoms with E-state index in [0.717, 1.165) is 18.4 Å². The number of benzene rings is 2. The number of aromatic nitrogens is 2. The van der Waals surface area contributed by atoms with Crippen LogP contribution in [0.25, 0.3) is 11.3 Å². The van der Waals surface area contributed by atoms with E-state index >= 15 is 0 Å². The lowest BCUT2D eigenvalue weighted by Gasteiger charge is -2.28. The number of aliphatic hydroxyl groups excluding tert-OH is 3. The number of aliphatic hydroxyl groups is 3. The number of nitrogens with zero attached hydrogens (tertiary/aromatic N) is 3. The Morgan fingerprint density at radius 2 is 2.05 bits per heavy atom. The summed E-state index contributed by atoms with van der Waals surface area (Å²) in [6, 6.07) is 7.96. The van der Waals surface area contributed by atoms with Gasteiger partial charge in [0.15, 0.2) is 0 Å². The van der Waals surface area contributed by atoms with E-state index in [0.29, 0.717) is 46.3 Å². The fourth-order valence-electron chi connectivity index (χ4n) is 5.43. The Hall–Kier alpha value is -3.35. The number of amides is 1. The second-order valence-corrected chi connectivity index (χ2v) is 10.9.